The molecule has 1 amide bonds. The molecule has 0 aliphatic carbocycles. The number of hydrogen-bond donors (Lipinski definition) is 1. The van der Waals surface area contributed by atoms with Gasteiger partial charge >= 0.3 is 0 Å². The molecule has 0 saturated heterocycles. The van der Waals surface area contributed by atoms with Gasteiger partial charge in [-0.2, -0.15) is 5.10 Å². The summed E-state index contributed by atoms with van der Waals surface area (Å²) < 4.78 is 7.01. The highest BCUT2D eigenvalue weighted by molar-refractivity contribution is 5.75. The van der Waals surface area contributed by atoms with Crippen LogP contribution in [0.25, 0.3) is 0 Å². The maximum atomic E-state index is 11.5. The topological polar surface area (TPSA) is 56.2 Å². The van der Waals surface area contributed by atoms with E-state index in [0.717, 1.165) is 12.0 Å². The molecular weight excluding hydrogens is 218 g/mol. The molecule has 1 aromatic heterocycles. The smallest absolute Gasteiger partial charge is 0.241 e. The van der Waals surface area contributed by atoms with E-state index in [4.69, 9.17) is 4.74 Å². The first kappa shape index (κ1) is 13.7. The van der Waals surface area contributed by atoms with Crippen LogP contribution in [0.3, 0.4) is 0 Å². The van der Waals surface area contributed by atoms with Crippen LogP contribution in [-0.2, 0) is 16.1 Å². The Hall–Kier alpha value is -1.36. The molecule has 5 heteroatoms. The van der Waals surface area contributed by atoms with Gasteiger partial charge in [-0.3, -0.25) is 9.48 Å². The number of carbonyl (C=O) groups excluding carboxylic acids is 1. The van der Waals surface area contributed by atoms with Gasteiger partial charge in [-0.1, -0.05) is 0 Å². The number of ether oxygens (including phenoxy) is 1. The summed E-state index contributed by atoms with van der Waals surface area (Å²) >= 11 is 0. The normalized spacial score (nSPS) is 10.8. The van der Waals surface area contributed by atoms with Crippen molar-refractivity contribution in [3.63, 3.8) is 0 Å². The number of nitrogens with zero attached hydrogens (tertiary/aromatic N) is 2. The zero-order valence-electron chi connectivity index (χ0n) is 10.8. The van der Waals surface area contributed by atoms with Gasteiger partial charge in [-0.25, -0.2) is 0 Å². The molecule has 1 N–H and O–H groups in total. The van der Waals surface area contributed by atoms with Crippen molar-refractivity contribution in [3.05, 3.63) is 18.0 Å². The molecule has 1 heterocycles. The molecule has 0 fully saturated rings. The Balaban J connectivity index is 2.09. The number of amides is 1. The summed E-state index contributed by atoms with van der Waals surface area (Å²) in [4.78, 5) is 11.5. The largest absolute Gasteiger partial charge is 0.379 e. The van der Waals surface area contributed by atoms with Gasteiger partial charge in [0.1, 0.15) is 6.54 Å². The molecule has 5 nitrogen and oxygen atoms in total. The molecule has 0 atom stereocenters. The van der Waals surface area contributed by atoms with Gasteiger partial charge in [0.25, 0.3) is 0 Å². The van der Waals surface area contributed by atoms with Crippen LogP contribution in [0.4, 0.5) is 0 Å². The summed E-state index contributed by atoms with van der Waals surface area (Å²) in [6.07, 6.45) is 4.67. The molecule has 96 valence electrons. The van der Waals surface area contributed by atoms with E-state index in [1.54, 1.807) is 10.9 Å². The SMILES string of the molecule is Cc1cnn(CC(=O)NCCCOC(C)C)c1. The fourth-order valence-corrected chi connectivity index (χ4v) is 1.38. The van der Waals surface area contributed by atoms with Crippen molar-refractivity contribution in [2.24, 2.45) is 0 Å². The number of hydrogen-bond acceptors (Lipinski definition) is 3. The number of aromatic nitrogens is 2. The van der Waals surface area contributed by atoms with Crippen LogP contribution in [0.1, 0.15) is 25.8 Å². The summed E-state index contributed by atoms with van der Waals surface area (Å²) in [6, 6.07) is 0. The first-order valence-electron chi connectivity index (χ1n) is 5.95. The minimum absolute atomic E-state index is 0.0161. The van der Waals surface area contributed by atoms with Crippen LogP contribution in [0.5, 0.6) is 0 Å². The van der Waals surface area contributed by atoms with Crippen LogP contribution >= 0.6 is 0 Å². The van der Waals surface area contributed by atoms with Gasteiger partial charge in [-0.15, -0.1) is 0 Å². The monoisotopic (exact) mass is 239 g/mol. The molecule has 0 aromatic carbocycles. The zero-order chi connectivity index (χ0) is 12.7. The third-order valence-corrected chi connectivity index (χ3v) is 2.16. The first-order chi connectivity index (χ1) is 8.08. The van der Waals surface area contributed by atoms with E-state index in [-0.39, 0.29) is 18.6 Å². The van der Waals surface area contributed by atoms with Gasteiger partial charge in [0, 0.05) is 19.3 Å². The molecule has 0 bridgehead atoms. The zero-order valence-corrected chi connectivity index (χ0v) is 10.8. The van der Waals surface area contributed by atoms with Crippen molar-refractivity contribution in [1.82, 2.24) is 15.1 Å². The lowest BCUT2D eigenvalue weighted by Crippen LogP contribution is -2.29. The Bertz CT molecular complexity index is 347. The van der Waals surface area contributed by atoms with E-state index in [1.165, 1.54) is 0 Å². The second kappa shape index (κ2) is 7.06. The molecule has 0 spiro atoms. The van der Waals surface area contributed by atoms with E-state index in [9.17, 15) is 4.79 Å². The van der Waals surface area contributed by atoms with Crippen LogP contribution in [0.15, 0.2) is 12.4 Å². The highest BCUT2D eigenvalue weighted by atomic mass is 16.5. The molecule has 17 heavy (non-hydrogen) atoms. The quantitative estimate of drug-likeness (QED) is 0.725. The molecule has 0 radical (unpaired) electrons. The van der Waals surface area contributed by atoms with E-state index in [1.807, 2.05) is 27.0 Å². The van der Waals surface area contributed by atoms with Gasteiger partial charge in [0.15, 0.2) is 0 Å². The molecule has 0 unspecified atom stereocenters. The van der Waals surface area contributed by atoms with Gasteiger partial charge in [-0.05, 0) is 32.8 Å². The number of nitrogens with one attached hydrogen (secondary N) is 1. The lowest BCUT2D eigenvalue weighted by atomic mass is 10.4. The summed E-state index contributed by atoms with van der Waals surface area (Å²) in [7, 11) is 0. The highest BCUT2D eigenvalue weighted by Crippen LogP contribution is 1.94. The van der Waals surface area contributed by atoms with Gasteiger partial charge < -0.3 is 10.1 Å². The molecule has 0 aliphatic rings. The predicted octanol–water partition coefficient (Wildman–Crippen LogP) is 1.12. The van der Waals surface area contributed by atoms with Crippen LogP contribution in [0, 0.1) is 6.92 Å². The van der Waals surface area contributed by atoms with Crippen molar-refractivity contribution in [2.75, 3.05) is 13.2 Å². The molecule has 1 rings (SSSR count). The Morgan fingerprint density at radius 2 is 2.35 bits per heavy atom. The van der Waals surface area contributed by atoms with Crippen molar-refractivity contribution in [3.8, 4) is 0 Å². The second-order valence-electron chi connectivity index (χ2n) is 4.34. The van der Waals surface area contributed by atoms with Crippen LogP contribution in [-0.4, -0.2) is 34.9 Å². The Morgan fingerprint density at radius 3 is 2.94 bits per heavy atom. The fraction of sp³-hybridized carbons (Fsp3) is 0.667. The van der Waals surface area contributed by atoms with E-state index < -0.39 is 0 Å². The van der Waals surface area contributed by atoms with Crippen LogP contribution < -0.4 is 5.32 Å². The second-order valence-corrected chi connectivity index (χ2v) is 4.34. The standard InChI is InChI=1S/C12H21N3O2/c1-10(2)17-6-4-5-13-12(16)9-15-8-11(3)7-14-15/h7-8,10H,4-6,9H2,1-3H3,(H,13,16). The number of aryl methyl sites for hydroxylation is 1. The molecule has 0 saturated carbocycles. The van der Waals surface area contributed by atoms with Gasteiger partial charge in [0.2, 0.25) is 5.91 Å². The number of carbonyl (C=O) groups is 1. The minimum Gasteiger partial charge on any atom is -0.379 e. The predicted molar refractivity (Wildman–Crippen MR) is 65.7 cm³/mol. The third-order valence-electron chi connectivity index (χ3n) is 2.16. The summed E-state index contributed by atoms with van der Waals surface area (Å²) in [5.41, 5.74) is 1.06. The van der Waals surface area contributed by atoms with Crippen molar-refractivity contribution in [2.45, 2.75) is 39.8 Å². The highest BCUT2D eigenvalue weighted by Gasteiger charge is 2.02. The molecule has 0 aliphatic heterocycles. The maximum absolute atomic E-state index is 11.5. The third kappa shape index (κ3) is 6.06. The Labute approximate surface area is 102 Å². The lowest BCUT2D eigenvalue weighted by molar-refractivity contribution is -0.121. The summed E-state index contributed by atoms with van der Waals surface area (Å²) in [5, 5.41) is 6.89. The fourth-order valence-electron chi connectivity index (χ4n) is 1.38. The minimum atomic E-state index is -0.0161. The van der Waals surface area contributed by atoms with E-state index in [2.05, 4.69) is 10.4 Å². The number of rotatable bonds is 7. The van der Waals surface area contributed by atoms with Crippen molar-refractivity contribution in [1.29, 1.82) is 0 Å². The van der Waals surface area contributed by atoms with Gasteiger partial charge in [0.05, 0.1) is 12.3 Å². The molecular formula is C12H21N3O2. The maximum Gasteiger partial charge on any atom is 0.241 e. The van der Waals surface area contributed by atoms with Crippen LogP contribution in [0.2, 0.25) is 0 Å². The van der Waals surface area contributed by atoms with Crippen molar-refractivity contribution >= 4 is 5.91 Å². The Morgan fingerprint density at radius 1 is 1.59 bits per heavy atom. The average Bonchev–Trinajstić information content (AvgIpc) is 2.63. The molecule has 1 aromatic rings. The Kier molecular flexibility index (Phi) is 5.69. The van der Waals surface area contributed by atoms with Crippen molar-refractivity contribution < 1.29 is 9.53 Å². The van der Waals surface area contributed by atoms with E-state index in [0.29, 0.717) is 13.2 Å². The average molecular weight is 239 g/mol. The lowest BCUT2D eigenvalue weighted by Gasteiger charge is -2.08. The summed E-state index contributed by atoms with van der Waals surface area (Å²) in [6.45, 7) is 7.55. The van der Waals surface area contributed by atoms with E-state index >= 15 is 0 Å². The summed E-state index contributed by atoms with van der Waals surface area (Å²) in [5.74, 6) is -0.0161. The first-order valence-corrected chi connectivity index (χ1v) is 5.95.